The standard InChI is InChI=1S/C11H11BF3O2P/c1-11(2,3)10(16)17-8-4(12)5(13)6(14)9(18)7(8)15/h18H2,1-3H3. The molecule has 1 aromatic rings. The lowest BCUT2D eigenvalue weighted by Gasteiger charge is -2.19. The third-order valence-corrected chi connectivity index (χ3v) is 2.66. The highest BCUT2D eigenvalue weighted by atomic mass is 31.0. The Morgan fingerprint density at radius 1 is 1.17 bits per heavy atom. The Morgan fingerprint density at radius 3 is 2.11 bits per heavy atom. The van der Waals surface area contributed by atoms with Crippen molar-refractivity contribution in [2.45, 2.75) is 20.8 Å². The number of carbonyl (C=O) groups is 1. The molecular formula is C11H11BF3O2P. The molecule has 18 heavy (non-hydrogen) atoms. The van der Waals surface area contributed by atoms with Crippen LogP contribution in [0.4, 0.5) is 13.2 Å². The zero-order valence-electron chi connectivity index (χ0n) is 10.1. The third-order valence-electron chi connectivity index (χ3n) is 2.15. The van der Waals surface area contributed by atoms with Crippen molar-refractivity contribution in [1.82, 2.24) is 0 Å². The van der Waals surface area contributed by atoms with E-state index in [4.69, 9.17) is 12.6 Å². The van der Waals surface area contributed by atoms with Crippen molar-refractivity contribution in [3.8, 4) is 5.75 Å². The van der Waals surface area contributed by atoms with Gasteiger partial charge in [0.25, 0.3) is 0 Å². The molecule has 0 N–H and O–H groups in total. The predicted octanol–water partition coefficient (Wildman–Crippen LogP) is 1.35. The fourth-order valence-electron chi connectivity index (χ4n) is 1.02. The smallest absolute Gasteiger partial charge is 0.316 e. The molecule has 0 aromatic heterocycles. The average molecular weight is 274 g/mol. The van der Waals surface area contributed by atoms with E-state index in [1.54, 1.807) is 9.24 Å². The highest BCUT2D eigenvalue weighted by Gasteiger charge is 2.28. The van der Waals surface area contributed by atoms with Crippen LogP contribution in [0.3, 0.4) is 0 Å². The fourth-order valence-corrected chi connectivity index (χ4v) is 1.28. The van der Waals surface area contributed by atoms with Crippen LogP contribution in [-0.2, 0) is 4.79 Å². The highest BCUT2D eigenvalue weighted by molar-refractivity contribution is 7.27. The number of rotatable bonds is 1. The van der Waals surface area contributed by atoms with Crippen molar-refractivity contribution >= 4 is 33.8 Å². The van der Waals surface area contributed by atoms with Crippen LogP contribution in [0.2, 0.25) is 0 Å². The van der Waals surface area contributed by atoms with Gasteiger partial charge in [-0.3, -0.25) is 4.79 Å². The first kappa shape index (κ1) is 15.0. The second-order valence-electron chi connectivity index (χ2n) is 4.74. The van der Waals surface area contributed by atoms with E-state index < -0.39 is 45.4 Å². The Hall–Kier alpha value is -1.03. The lowest BCUT2D eigenvalue weighted by atomic mass is 9.93. The van der Waals surface area contributed by atoms with E-state index in [1.807, 2.05) is 0 Å². The van der Waals surface area contributed by atoms with E-state index in [2.05, 4.69) is 0 Å². The summed E-state index contributed by atoms with van der Waals surface area (Å²) in [6.07, 6.45) is 0. The van der Waals surface area contributed by atoms with Gasteiger partial charge in [0.15, 0.2) is 23.2 Å². The first-order valence-corrected chi connectivity index (χ1v) is 5.58. The molecule has 1 atom stereocenters. The van der Waals surface area contributed by atoms with Crippen LogP contribution in [0.5, 0.6) is 5.75 Å². The van der Waals surface area contributed by atoms with Crippen molar-refractivity contribution in [3.63, 3.8) is 0 Å². The minimum Gasteiger partial charge on any atom is -0.423 e. The lowest BCUT2D eigenvalue weighted by Crippen LogP contribution is -2.31. The topological polar surface area (TPSA) is 26.3 Å². The van der Waals surface area contributed by atoms with Crippen molar-refractivity contribution < 1.29 is 22.7 Å². The zero-order chi connectivity index (χ0) is 14.2. The summed E-state index contributed by atoms with van der Waals surface area (Å²) < 4.78 is 44.8. The number of ether oxygens (including phenoxy) is 1. The maximum absolute atomic E-state index is 13.7. The van der Waals surface area contributed by atoms with Crippen molar-refractivity contribution in [1.29, 1.82) is 0 Å². The number of halogens is 3. The molecule has 1 rings (SSSR count). The largest absolute Gasteiger partial charge is 0.423 e. The first-order chi connectivity index (χ1) is 8.07. The minimum absolute atomic E-state index is 0.668. The number of esters is 1. The average Bonchev–Trinajstić information content (AvgIpc) is 2.28. The molecule has 0 amide bonds. The van der Waals surface area contributed by atoms with Crippen LogP contribution in [0.1, 0.15) is 20.8 Å². The van der Waals surface area contributed by atoms with Crippen LogP contribution in [0.25, 0.3) is 0 Å². The highest BCUT2D eigenvalue weighted by Crippen LogP contribution is 2.22. The predicted molar refractivity (Wildman–Crippen MR) is 66.1 cm³/mol. The number of benzene rings is 1. The van der Waals surface area contributed by atoms with Gasteiger partial charge in [-0.05, 0) is 26.2 Å². The zero-order valence-corrected chi connectivity index (χ0v) is 11.3. The van der Waals surface area contributed by atoms with Crippen LogP contribution in [-0.4, -0.2) is 13.8 Å². The van der Waals surface area contributed by atoms with E-state index in [9.17, 15) is 18.0 Å². The molecule has 2 radical (unpaired) electrons. The molecule has 96 valence electrons. The summed E-state index contributed by atoms with van der Waals surface area (Å²) in [4.78, 5) is 11.6. The van der Waals surface area contributed by atoms with Gasteiger partial charge >= 0.3 is 5.97 Å². The van der Waals surface area contributed by atoms with E-state index in [1.165, 1.54) is 20.8 Å². The summed E-state index contributed by atoms with van der Waals surface area (Å²) in [6, 6.07) is 0. The molecule has 0 spiro atoms. The maximum atomic E-state index is 13.7. The molecule has 0 saturated carbocycles. The Bertz CT molecular complexity index is 483. The van der Waals surface area contributed by atoms with E-state index >= 15 is 0 Å². The summed E-state index contributed by atoms with van der Waals surface area (Å²) in [5, 5.41) is -0.668. The van der Waals surface area contributed by atoms with Crippen LogP contribution in [0, 0.1) is 22.9 Å². The molecule has 0 fully saturated rings. The number of hydrogen-bond donors (Lipinski definition) is 0. The molecule has 0 heterocycles. The Kier molecular flexibility index (Phi) is 4.11. The molecular weight excluding hydrogens is 263 g/mol. The third kappa shape index (κ3) is 2.69. The van der Waals surface area contributed by atoms with Gasteiger partial charge in [-0.1, -0.05) is 9.24 Å². The van der Waals surface area contributed by atoms with E-state index in [-0.39, 0.29) is 0 Å². The van der Waals surface area contributed by atoms with Gasteiger partial charge in [0, 0.05) is 5.30 Å². The number of carbonyl (C=O) groups excluding carboxylic acids is 1. The summed E-state index contributed by atoms with van der Waals surface area (Å²) >= 11 is 0. The monoisotopic (exact) mass is 274 g/mol. The van der Waals surface area contributed by atoms with Crippen LogP contribution < -0.4 is 15.5 Å². The minimum atomic E-state index is -1.45. The second kappa shape index (κ2) is 4.92. The molecule has 1 aromatic carbocycles. The molecule has 0 bridgehead atoms. The molecule has 1 unspecified atom stereocenters. The lowest BCUT2D eigenvalue weighted by molar-refractivity contribution is -0.143. The van der Waals surface area contributed by atoms with Gasteiger partial charge in [-0.25, -0.2) is 13.2 Å². The summed E-state index contributed by atoms with van der Waals surface area (Å²) in [7, 11) is 6.89. The van der Waals surface area contributed by atoms with Gasteiger partial charge in [0.1, 0.15) is 7.85 Å². The SMILES string of the molecule is [B]c1c(F)c(F)c(P)c(F)c1OC(=O)C(C)(C)C. The van der Waals surface area contributed by atoms with Gasteiger partial charge in [-0.2, -0.15) is 0 Å². The molecule has 0 aliphatic heterocycles. The Morgan fingerprint density at radius 2 is 1.67 bits per heavy atom. The quantitative estimate of drug-likeness (QED) is 0.254. The van der Waals surface area contributed by atoms with Crippen LogP contribution in [0.15, 0.2) is 0 Å². The summed E-state index contributed by atoms with van der Waals surface area (Å²) in [6.45, 7) is 4.60. The molecule has 7 heteroatoms. The summed E-state index contributed by atoms with van der Waals surface area (Å²) in [5.74, 6) is -5.68. The Balaban J connectivity index is 3.31. The van der Waals surface area contributed by atoms with Crippen LogP contribution >= 0.6 is 9.24 Å². The maximum Gasteiger partial charge on any atom is 0.316 e. The normalized spacial score (nSPS) is 11.5. The van der Waals surface area contributed by atoms with E-state index in [0.29, 0.717) is 0 Å². The van der Waals surface area contributed by atoms with E-state index in [0.717, 1.165) is 0 Å². The van der Waals surface area contributed by atoms with Gasteiger partial charge in [0.2, 0.25) is 0 Å². The number of hydrogen-bond acceptors (Lipinski definition) is 2. The van der Waals surface area contributed by atoms with Crippen molar-refractivity contribution in [2.24, 2.45) is 5.41 Å². The molecule has 2 nitrogen and oxygen atoms in total. The van der Waals surface area contributed by atoms with Gasteiger partial charge in [-0.15, -0.1) is 0 Å². The second-order valence-corrected chi connectivity index (χ2v) is 5.32. The van der Waals surface area contributed by atoms with Crippen molar-refractivity contribution in [2.75, 3.05) is 0 Å². The first-order valence-electron chi connectivity index (χ1n) is 5.01. The van der Waals surface area contributed by atoms with Crippen molar-refractivity contribution in [3.05, 3.63) is 17.5 Å². The van der Waals surface area contributed by atoms with Gasteiger partial charge in [0.05, 0.1) is 5.41 Å². The van der Waals surface area contributed by atoms with Gasteiger partial charge < -0.3 is 4.74 Å². The molecule has 0 aliphatic carbocycles. The summed E-state index contributed by atoms with van der Waals surface area (Å²) in [5.41, 5.74) is -1.79. The molecule has 0 saturated heterocycles. The molecule has 0 aliphatic rings. The Labute approximate surface area is 107 Å². The fraction of sp³-hybridized carbons (Fsp3) is 0.364.